The van der Waals surface area contributed by atoms with Gasteiger partial charge in [0.15, 0.2) is 0 Å². The molecule has 0 spiro atoms. The highest BCUT2D eigenvalue weighted by atomic mass is 16.5. The lowest BCUT2D eigenvalue weighted by molar-refractivity contribution is 0.136. The van der Waals surface area contributed by atoms with E-state index in [1.807, 2.05) is 13.1 Å². The maximum absolute atomic E-state index is 5.63. The summed E-state index contributed by atoms with van der Waals surface area (Å²) in [6, 6.07) is 2.34. The van der Waals surface area contributed by atoms with Gasteiger partial charge in [0.2, 0.25) is 0 Å². The number of rotatable bonds is 10. The quantitative estimate of drug-likeness (QED) is 0.661. The van der Waals surface area contributed by atoms with E-state index in [-0.39, 0.29) is 6.04 Å². The smallest absolute Gasteiger partial charge is 0.137 e. The molecule has 0 aromatic carbocycles. The van der Waals surface area contributed by atoms with E-state index in [0.717, 1.165) is 50.5 Å². The van der Waals surface area contributed by atoms with Gasteiger partial charge in [-0.2, -0.15) is 0 Å². The Labute approximate surface area is 116 Å². The molecular weight excluding hydrogens is 240 g/mol. The summed E-state index contributed by atoms with van der Waals surface area (Å²) in [6.45, 7) is 9.40. The van der Waals surface area contributed by atoms with Gasteiger partial charge >= 0.3 is 0 Å². The molecule has 1 atom stereocenters. The van der Waals surface area contributed by atoms with Crippen LogP contribution in [0.3, 0.4) is 0 Å². The summed E-state index contributed by atoms with van der Waals surface area (Å²) in [5, 5.41) is 3.47. The van der Waals surface area contributed by atoms with Gasteiger partial charge in [-0.05, 0) is 37.9 Å². The van der Waals surface area contributed by atoms with Gasteiger partial charge in [-0.1, -0.05) is 13.8 Å². The number of pyridine rings is 1. The molecule has 1 N–H and O–H groups in total. The van der Waals surface area contributed by atoms with Gasteiger partial charge in [0.1, 0.15) is 5.75 Å². The van der Waals surface area contributed by atoms with Crippen LogP contribution < -0.4 is 10.1 Å². The lowest BCUT2D eigenvalue weighted by Crippen LogP contribution is -2.22. The molecule has 0 aliphatic carbocycles. The molecule has 0 amide bonds. The van der Waals surface area contributed by atoms with Crippen molar-refractivity contribution in [3.63, 3.8) is 0 Å². The van der Waals surface area contributed by atoms with Crippen molar-refractivity contribution in [2.75, 3.05) is 26.4 Å². The Balaban J connectivity index is 2.65. The van der Waals surface area contributed by atoms with Gasteiger partial charge in [0, 0.05) is 25.5 Å². The third kappa shape index (κ3) is 6.03. The molecule has 0 saturated carbocycles. The van der Waals surface area contributed by atoms with E-state index in [1.165, 1.54) is 0 Å². The zero-order chi connectivity index (χ0) is 13.9. The molecule has 0 aliphatic heterocycles. The lowest BCUT2D eigenvalue weighted by atomic mass is 10.1. The van der Waals surface area contributed by atoms with Gasteiger partial charge in [0.25, 0.3) is 0 Å². The van der Waals surface area contributed by atoms with Crippen LogP contribution in [0.4, 0.5) is 0 Å². The average Bonchev–Trinajstić information content (AvgIpc) is 2.45. The third-order valence-corrected chi connectivity index (χ3v) is 2.82. The van der Waals surface area contributed by atoms with Gasteiger partial charge in [-0.15, -0.1) is 0 Å². The fourth-order valence-corrected chi connectivity index (χ4v) is 1.90. The Kier molecular flexibility index (Phi) is 8.18. The van der Waals surface area contributed by atoms with Crippen LogP contribution in [-0.2, 0) is 4.74 Å². The summed E-state index contributed by atoms with van der Waals surface area (Å²) < 4.78 is 11.1. The molecule has 4 heteroatoms. The summed E-state index contributed by atoms with van der Waals surface area (Å²) in [5.74, 6) is 0.846. The predicted molar refractivity (Wildman–Crippen MR) is 77.6 cm³/mol. The summed E-state index contributed by atoms with van der Waals surface area (Å²) in [7, 11) is 0. The van der Waals surface area contributed by atoms with Crippen LogP contribution in [0.5, 0.6) is 5.75 Å². The maximum Gasteiger partial charge on any atom is 0.137 e. The largest absolute Gasteiger partial charge is 0.492 e. The van der Waals surface area contributed by atoms with Crippen LogP contribution in [0.15, 0.2) is 18.5 Å². The van der Waals surface area contributed by atoms with Crippen molar-refractivity contribution < 1.29 is 9.47 Å². The second-order valence-electron chi connectivity index (χ2n) is 4.40. The molecule has 1 heterocycles. The monoisotopic (exact) mass is 266 g/mol. The SMILES string of the molecule is CCCOc1cncc(C(CCOCC)NCC)c1. The van der Waals surface area contributed by atoms with E-state index < -0.39 is 0 Å². The molecule has 1 aromatic heterocycles. The van der Waals surface area contributed by atoms with Crippen molar-refractivity contribution in [2.24, 2.45) is 0 Å². The minimum absolute atomic E-state index is 0.272. The summed E-state index contributed by atoms with van der Waals surface area (Å²) in [4.78, 5) is 4.26. The normalized spacial score (nSPS) is 12.4. The summed E-state index contributed by atoms with van der Waals surface area (Å²) in [6.07, 6.45) is 5.62. The first-order chi connectivity index (χ1) is 9.31. The zero-order valence-electron chi connectivity index (χ0n) is 12.3. The number of nitrogens with zero attached hydrogens (tertiary/aromatic N) is 1. The number of hydrogen-bond donors (Lipinski definition) is 1. The van der Waals surface area contributed by atoms with E-state index in [9.17, 15) is 0 Å². The highest BCUT2D eigenvalue weighted by Crippen LogP contribution is 2.20. The first-order valence-electron chi connectivity index (χ1n) is 7.20. The molecule has 0 saturated heterocycles. The van der Waals surface area contributed by atoms with Crippen LogP contribution in [0, 0.1) is 0 Å². The summed E-state index contributed by atoms with van der Waals surface area (Å²) >= 11 is 0. The molecule has 108 valence electrons. The molecule has 19 heavy (non-hydrogen) atoms. The van der Waals surface area contributed by atoms with Gasteiger partial charge in [0.05, 0.1) is 12.8 Å². The van der Waals surface area contributed by atoms with E-state index in [2.05, 4.69) is 30.2 Å². The minimum atomic E-state index is 0.272. The number of nitrogens with one attached hydrogen (secondary N) is 1. The van der Waals surface area contributed by atoms with E-state index in [1.54, 1.807) is 6.20 Å². The second kappa shape index (κ2) is 9.75. The van der Waals surface area contributed by atoms with Crippen molar-refractivity contribution in [1.82, 2.24) is 10.3 Å². The Morgan fingerprint density at radius 1 is 1.21 bits per heavy atom. The van der Waals surface area contributed by atoms with Crippen molar-refractivity contribution >= 4 is 0 Å². The van der Waals surface area contributed by atoms with Crippen LogP contribution in [0.2, 0.25) is 0 Å². The zero-order valence-corrected chi connectivity index (χ0v) is 12.3. The second-order valence-corrected chi connectivity index (χ2v) is 4.40. The molecule has 0 bridgehead atoms. The highest BCUT2D eigenvalue weighted by Gasteiger charge is 2.11. The first-order valence-corrected chi connectivity index (χ1v) is 7.20. The molecule has 1 aromatic rings. The van der Waals surface area contributed by atoms with Crippen molar-refractivity contribution in [3.8, 4) is 5.75 Å². The molecular formula is C15H26N2O2. The van der Waals surface area contributed by atoms with E-state index in [4.69, 9.17) is 9.47 Å². The van der Waals surface area contributed by atoms with Gasteiger partial charge in [-0.25, -0.2) is 0 Å². The van der Waals surface area contributed by atoms with E-state index >= 15 is 0 Å². The van der Waals surface area contributed by atoms with Gasteiger partial charge in [-0.3, -0.25) is 4.98 Å². The lowest BCUT2D eigenvalue weighted by Gasteiger charge is -2.18. The standard InChI is InChI=1S/C15H26N2O2/c1-4-8-19-14-10-13(11-16-12-14)15(17-5-2)7-9-18-6-3/h10-12,15,17H,4-9H2,1-3H3. The van der Waals surface area contributed by atoms with Crippen LogP contribution in [-0.4, -0.2) is 31.3 Å². The molecule has 1 rings (SSSR count). The van der Waals surface area contributed by atoms with Crippen LogP contribution >= 0.6 is 0 Å². The Hall–Kier alpha value is -1.13. The van der Waals surface area contributed by atoms with Crippen LogP contribution in [0.25, 0.3) is 0 Å². The molecule has 0 radical (unpaired) electrons. The van der Waals surface area contributed by atoms with Crippen molar-refractivity contribution in [3.05, 3.63) is 24.0 Å². The minimum Gasteiger partial charge on any atom is -0.492 e. The first kappa shape index (κ1) is 15.9. The van der Waals surface area contributed by atoms with E-state index in [0.29, 0.717) is 0 Å². The Morgan fingerprint density at radius 2 is 2.05 bits per heavy atom. The van der Waals surface area contributed by atoms with Crippen molar-refractivity contribution in [1.29, 1.82) is 0 Å². The average molecular weight is 266 g/mol. The fraction of sp³-hybridized carbons (Fsp3) is 0.667. The Bertz CT molecular complexity index is 345. The predicted octanol–water partition coefficient (Wildman–Crippen LogP) is 2.95. The maximum atomic E-state index is 5.63. The number of ether oxygens (including phenoxy) is 2. The molecule has 4 nitrogen and oxygen atoms in total. The number of hydrogen-bond acceptors (Lipinski definition) is 4. The highest BCUT2D eigenvalue weighted by molar-refractivity contribution is 5.26. The Morgan fingerprint density at radius 3 is 2.74 bits per heavy atom. The van der Waals surface area contributed by atoms with Crippen LogP contribution in [0.1, 0.15) is 45.2 Å². The fourth-order valence-electron chi connectivity index (χ4n) is 1.90. The number of aromatic nitrogens is 1. The van der Waals surface area contributed by atoms with Crippen molar-refractivity contribution in [2.45, 2.75) is 39.7 Å². The molecule has 1 unspecified atom stereocenters. The molecule has 0 fully saturated rings. The summed E-state index contributed by atoms with van der Waals surface area (Å²) in [5.41, 5.74) is 1.16. The third-order valence-electron chi connectivity index (χ3n) is 2.82. The van der Waals surface area contributed by atoms with Gasteiger partial charge < -0.3 is 14.8 Å². The molecule has 0 aliphatic rings. The topological polar surface area (TPSA) is 43.4 Å².